The maximum absolute atomic E-state index is 11.2. The Morgan fingerprint density at radius 1 is 1.10 bits per heavy atom. The van der Waals surface area contributed by atoms with E-state index in [0.29, 0.717) is 5.56 Å². The van der Waals surface area contributed by atoms with Gasteiger partial charge in [-0.1, -0.05) is 18.2 Å². The molecule has 1 aromatic carbocycles. The lowest BCUT2D eigenvalue weighted by Gasteiger charge is -2.10. The van der Waals surface area contributed by atoms with Crippen LogP contribution in [0.1, 0.15) is 15.9 Å². The van der Waals surface area contributed by atoms with Gasteiger partial charge in [0.15, 0.2) is 0 Å². The van der Waals surface area contributed by atoms with Crippen LogP contribution in [0.3, 0.4) is 0 Å². The fraction of sp³-hybridized carbons (Fsp3) is 0.0625. The van der Waals surface area contributed by atoms with Gasteiger partial charge in [-0.3, -0.25) is 9.97 Å². The first-order valence-corrected chi connectivity index (χ1v) is 6.20. The second-order valence-corrected chi connectivity index (χ2v) is 4.54. The Hall–Kier alpha value is -2.75. The van der Waals surface area contributed by atoms with Crippen LogP contribution in [0.2, 0.25) is 0 Å². The highest BCUT2D eigenvalue weighted by Gasteiger charge is 2.13. The van der Waals surface area contributed by atoms with Gasteiger partial charge in [0.1, 0.15) is 0 Å². The van der Waals surface area contributed by atoms with Crippen LogP contribution in [0.15, 0.2) is 48.9 Å². The lowest BCUT2D eigenvalue weighted by atomic mass is 9.96. The number of carboxylic acid groups (broad SMARTS) is 1. The van der Waals surface area contributed by atoms with Crippen molar-refractivity contribution in [2.75, 3.05) is 0 Å². The first-order chi connectivity index (χ1) is 9.68. The largest absolute Gasteiger partial charge is 0.478 e. The third-order valence-corrected chi connectivity index (χ3v) is 3.38. The number of carboxylic acids is 1. The number of rotatable bonds is 2. The third kappa shape index (κ3) is 1.91. The minimum Gasteiger partial charge on any atom is -0.478 e. The first kappa shape index (κ1) is 12.3. The number of nitrogens with zero attached hydrogens (tertiary/aromatic N) is 2. The minimum absolute atomic E-state index is 0.225. The van der Waals surface area contributed by atoms with E-state index in [1.165, 1.54) is 6.20 Å². The van der Waals surface area contributed by atoms with Crippen molar-refractivity contribution in [3.63, 3.8) is 0 Å². The molecule has 3 aromatic rings. The van der Waals surface area contributed by atoms with Crippen LogP contribution in [0.25, 0.3) is 22.0 Å². The number of carbonyl (C=O) groups is 1. The van der Waals surface area contributed by atoms with Crippen molar-refractivity contribution in [1.82, 2.24) is 9.97 Å². The minimum atomic E-state index is -0.963. The number of benzene rings is 1. The van der Waals surface area contributed by atoms with Crippen molar-refractivity contribution in [3.8, 4) is 11.1 Å². The van der Waals surface area contributed by atoms with Gasteiger partial charge >= 0.3 is 5.97 Å². The molecule has 3 rings (SSSR count). The quantitative estimate of drug-likeness (QED) is 0.771. The molecule has 0 fully saturated rings. The van der Waals surface area contributed by atoms with Gasteiger partial charge in [-0.2, -0.15) is 0 Å². The molecular formula is C16H12N2O2. The van der Waals surface area contributed by atoms with Crippen molar-refractivity contribution in [2.45, 2.75) is 6.92 Å². The Bertz CT molecular complexity index is 807. The fourth-order valence-electron chi connectivity index (χ4n) is 2.35. The number of aromatic carboxylic acids is 1. The molecule has 0 radical (unpaired) electrons. The number of aromatic nitrogens is 2. The van der Waals surface area contributed by atoms with E-state index in [0.717, 1.165) is 22.0 Å². The number of hydrogen-bond donors (Lipinski definition) is 1. The van der Waals surface area contributed by atoms with Gasteiger partial charge in [-0.05, 0) is 30.2 Å². The molecule has 0 atom stereocenters. The van der Waals surface area contributed by atoms with E-state index in [9.17, 15) is 9.90 Å². The van der Waals surface area contributed by atoms with E-state index in [4.69, 9.17) is 0 Å². The molecule has 0 aliphatic carbocycles. The summed E-state index contributed by atoms with van der Waals surface area (Å²) in [6, 6.07) is 9.65. The Kier molecular flexibility index (Phi) is 2.91. The maximum atomic E-state index is 11.2. The second-order valence-electron chi connectivity index (χ2n) is 4.54. The van der Waals surface area contributed by atoms with Crippen molar-refractivity contribution in [1.29, 1.82) is 0 Å². The SMILES string of the molecule is Cc1c(C(=O)O)cncc1-c1cccc2ncccc12. The summed E-state index contributed by atoms with van der Waals surface area (Å²) in [7, 11) is 0. The molecule has 0 saturated heterocycles. The highest BCUT2D eigenvalue weighted by molar-refractivity contribution is 5.98. The summed E-state index contributed by atoms with van der Waals surface area (Å²) < 4.78 is 0. The number of hydrogen-bond acceptors (Lipinski definition) is 3. The molecule has 4 heteroatoms. The zero-order chi connectivity index (χ0) is 14.1. The summed E-state index contributed by atoms with van der Waals surface area (Å²) in [6.07, 6.45) is 4.82. The number of pyridine rings is 2. The maximum Gasteiger partial charge on any atom is 0.337 e. The van der Waals surface area contributed by atoms with Crippen molar-refractivity contribution in [3.05, 3.63) is 60.0 Å². The van der Waals surface area contributed by atoms with Crippen LogP contribution in [-0.4, -0.2) is 21.0 Å². The van der Waals surface area contributed by atoms with E-state index >= 15 is 0 Å². The lowest BCUT2D eigenvalue weighted by molar-refractivity contribution is 0.0695. The molecule has 2 aromatic heterocycles. The fourth-order valence-corrected chi connectivity index (χ4v) is 2.35. The Morgan fingerprint density at radius 2 is 1.95 bits per heavy atom. The van der Waals surface area contributed by atoms with Crippen LogP contribution in [-0.2, 0) is 0 Å². The van der Waals surface area contributed by atoms with E-state index < -0.39 is 5.97 Å². The van der Waals surface area contributed by atoms with Crippen LogP contribution in [0.5, 0.6) is 0 Å². The zero-order valence-electron chi connectivity index (χ0n) is 10.9. The van der Waals surface area contributed by atoms with Gasteiger partial charge in [0.25, 0.3) is 0 Å². The molecule has 4 nitrogen and oxygen atoms in total. The van der Waals surface area contributed by atoms with Gasteiger partial charge in [-0.25, -0.2) is 4.79 Å². The topological polar surface area (TPSA) is 63.1 Å². The summed E-state index contributed by atoms with van der Waals surface area (Å²) in [4.78, 5) is 19.6. The van der Waals surface area contributed by atoms with Crippen LogP contribution in [0.4, 0.5) is 0 Å². The monoisotopic (exact) mass is 264 g/mol. The molecule has 0 aliphatic heterocycles. The van der Waals surface area contributed by atoms with Crippen molar-refractivity contribution < 1.29 is 9.90 Å². The first-order valence-electron chi connectivity index (χ1n) is 6.20. The predicted octanol–water partition coefficient (Wildman–Crippen LogP) is 3.30. The molecule has 1 N–H and O–H groups in total. The smallest absolute Gasteiger partial charge is 0.337 e. The molecule has 98 valence electrons. The Labute approximate surface area is 115 Å². The van der Waals surface area contributed by atoms with Gasteiger partial charge in [0, 0.05) is 29.5 Å². The normalized spacial score (nSPS) is 10.7. The molecule has 20 heavy (non-hydrogen) atoms. The van der Waals surface area contributed by atoms with Crippen LogP contribution < -0.4 is 0 Å². The molecular weight excluding hydrogens is 252 g/mol. The number of fused-ring (bicyclic) bond motifs is 1. The van der Waals surface area contributed by atoms with Gasteiger partial charge in [0.05, 0.1) is 11.1 Å². The van der Waals surface area contributed by atoms with E-state index in [1.807, 2.05) is 30.3 Å². The third-order valence-electron chi connectivity index (χ3n) is 3.38. The highest BCUT2D eigenvalue weighted by Crippen LogP contribution is 2.30. The van der Waals surface area contributed by atoms with E-state index in [1.54, 1.807) is 19.3 Å². The lowest BCUT2D eigenvalue weighted by Crippen LogP contribution is -2.02. The predicted molar refractivity (Wildman–Crippen MR) is 76.7 cm³/mol. The van der Waals surface area contributed by atoms with E-state index in [2.05, 4.69) is 9.97 Å². The average molecular weight is 264 g/mol. The van der Waals surface area contributed by atoms with E-state index in [-0.39, 0.29) is 5.56 Å². The summed E-state index contributed by atoms with van der Waals surface area (Å²) in [6.45, 7) is 1.80. The van der Waals surface area contributed by atoms with Gasteiger partial charge < -0.3 is 5.11 Å². The zero-order valence-corrected chi connectivity index (χ0v) is 10.9. The van der Waals surface area contributed by atoms with Gasteiger partial charge in [0.2, 0.25) is 0 Å². The molecule has 0 bridgehead atoms. The molecule has 0 aliphatic rings. The van der Waals surface area contributed by atoms with Crippen LogP contribution in [0, 0.1) is 6.92 Å². The van der Waals surface area contributed by atoms with Gasteiger partial charge in [-0.15, -0.1) is 0 Å². The second kappa shape index (κ2) is 4.74. The summed E-state index contributed by atoms with van der Waals surface area (Å²) >= 11 is 0. The van der Waals surface area contributed by atoms with Crippen molar-refractivity contribution >= 4 is 16.9 Å². The Morgan fingerprint density at radius 3 is 2.75 bits per heavy atom. The van der Waals surface area contributed by atoms with Crippen molar-refractivity contribution in [2.24, 2.45) is 0 Å². The summed E-state index contributed by atoms with van der Waals surface area (Å²) in [5, 5.41) is 10.2. The molecule has 2 heterocycles. The molecule has 0 amide bonds. The summed E-state index contributed by atoms with van der Waals surface area (Å²) in [5.74, 6) is -0.963. The molecule has 0 spiro atoms. The summed E-state index contributed by atoms with van der Waals surface area (Å²) in [5.41, 5.74) is 3.59. The highest BCUT2D eigenvalue weighted by atomic mass is 16.4. The average Bonchev–Trinajstić information content (AvgIpc) is 2.47. The molecule has 0 saturated carbocycles. The Balaban J connectivity index is 2.32. The van der Waals surface area contributed by atoms with Crippen LogP contribution >= 0.6 is 0 Å². The standard InChI is InChI=1S/C16H12N2O2/c1-10-13(8-17-9-14(10)16(19)20)11-4-2-6-15-12(11)5-3-7-18-15/h2-9H,1H3,(H,19,20). The molecule has 0 unspecified atom stereocenters.